The molecule has 0 heteroatoms. The van der Waals surface area contributed by atoms with E-state index in [2.05, 4.69) is 27.7 Å². The van der Waals surface area contributed by atoms with Crippen LogP contribution in [0, 0.1) is 29.1 Å². The third-order valence-corrected chi connectivity index (χ3v) is 6.16. The van der Waals surface area contributed by atoms with Crippen molar-refractivity contribution in [2.75, 3.05) is 0 Å². The quantitative estimate of drug-likeness (QED) is 0.501. The molecule has 112 valence electrons. The summed E-state index contributed by atoms with van der Waals surface area (Å²) in [7, 11) is 0. The minimum Gasteiger partial charge on any atom is -0.0654 e. The Morgan fingerprint density at radius 2 is 1.53 bits per heavy atom. The van der Waals surface area contributed by atoms with Gasteiger partial charge in [0.15, 0.2) is 0 Å². The summed E-state index contributed by atoms with van der Waals surface area (Å²) >= 11 is 0. The van der Waals surface area contributed by atoms with Gasteiger partial charge >= 0.3 is 0 Å². The zero-order valence-electron chi connectivity index (χ0n) is 13.9. The first-order valence-corrected chi connectivity index (χ1v) is 9.00. The molecule has 0 nitrogen and oxygen atoms in total. The highest BCUT2D eigenvalue weighted by Crippen LogP contribution is 2.49. The van der Waals surface area contributed by atoms with Crippen LogP contribution < -0.4 is 0 Å². The molecular formula is C19H36. The van der Waals surface area contributed by atoms with E-state index in [4.69, 9.17) is 0 Å². The number of hydrogen-bond donors (Lipinski definition) is 0. The predicted octanol–water partition coefficient (Wildman–Crippen LogP) is 6.45. The van der Waals surface area contributed by atoms with Crippen LogP contribution in [0.4, 0.5) is 0 Å². The van der Waals surface area contributed by atoms with Crippen LogP contribution in [-0.2, 0) is 0 Å². The molecule has 0 heterocycles. The van der Waals surface area contributed by atoms with Crippen LogP contribution in [0.5, 0.6) is 0 Å². The molecule has 0 aromatic carbocycles. The van der Waals surface area contributed by atoms with Gasteiger partial charge in [0.1, 0.15) is 0 Å². The van der Waals surface area contributed by atoms with Gasteiger partial charge in [-0.15, -0.1) is 0 Å². The van der Waals surface area contributed by atoms with E-state index in [0.717, 1.165) is 23.7 Å². The summed E-state index contributed by atoms with van der Waals surface area (Å²) in [5, 5.41) is 0. The third kappa shape index (κ3) is 4.23. The van der Waals surface area contributed by atoms with Gasteiger partial charge < -0.3 is 0 Å². The molecule has 0 aliphatic heterocycles. The Kier molecular flexibility index (Phi) is 5.37. The molecule has 0 radical (unpaired) electrons. The predicted molar refractivity (Wildman–Crippen MR) is 85.3 cm³/mol. The fraction of sp³-hybridized carbons (Fsp3) is 1.00. The standard InChI is InChI=1S/C19H36/c1-5-6-7-8-15-9-10-16(13-15)17-11-12-18(14-17)19(2,3)4/h15-18H,5-14H2,1-4H3. The molecule has 0 N–H and O–H groups in total. The lowest BCUT2D eigenvalue weighted by atomic mass is 9.78. The summed E-state index contributed by atoms with van der Waals surface area (Å²) in [4.78, 5) is 0. The molecule has 0 aromatic heterocycles. The van der Waals surface area contributed by atoms with E-state index in [0.29, 0.717) is 5.41 Å². The average molecular weight is 264 g/mol. The minimum atomic E-state index is 0.549. The van der Waals surface area contributed by atoms with Crippen molar-refractivity contribution >= 4 is 0 Å². The Labute approximate surface area is 121 Å². The van der Waals surface area contributed by atoms with Gasteiger partial charge in [-0.2, -0.15) is 0 Å². The molecule has 4 atom stereocenters. The van der Waals surface area contributed by atoms with Crippen LogP contribution in [0.25, 0.3) is 0 Å². The van der Waals surface area contributed by atoms with E-state index < -0.39 is 0 Å². The Morgan fingerprint density at radius 1 is 0.842 bits per heavy atom. The summed E-state index contributed by atoms with van der Waals surface area (Å²) in [6.45, 7) is 9.66. The van der Waals surface area contributed by atoms with Crippen molar-refractivity contribution in [2.45, 2.75) is 91.9 Å². The molecule has 0 aromatic rings. The molecule has 4 unspecified atom stereocenters. The van der Waals surface area contributed by atoms with Gasteiger partial charge in [0, 0.05) is 0 Å². The molecule has 2 rings (SSSR count). The van der Waals surface area contributed by atoms with Crippen molar-refractivity contribution in [3.8, 4) is 0 Å². The Bertz CT molecular complexity index is 260. The second-order valence-corrected chi connectivity index (χ2v) is 8.57. The van der Waals surface area contributed by atoms with Crippen molar-refractivity contribution in [3.63, 3.8) is 0 Å². The zero-order valence-corrected chi connectivity index (χ0v) is 13.9. The maximum atomic E-state index is 2.45. The van der Waals surface area contributed by atoms with E-state index in [9.17, 15) is 0 Å². The first kappa shape index (κ1) is 15.4. The minimum absolute atomic E-state index is 0.549. The molecule has 2 aliphatic carbocycles. The number of rotatable bonds is 5. The molecule has 19 heavy (non-hydrogen) atoms. The van der Waals surface area contributed by atoms with Crippen molar-refractivity contribution in [1.29, 1.82) is 0 Å². The average Bonchev–Trinajstić information content (AvgIpc) is 2.96. The van der Waals surface area contributed by atoms with Gasteiger partial charge in [-0.1, -0.05) is 59.8 Å². The van der Waals surface area contributed by atoms with Crippen molar-refractivity contribution in [1.82, 2.24) is 0 Å². The molecule has 0 bridgehead atoms. The second kappa shape index (κ2) is 6.64. The first-order valence-electron chi connectivity index (χ1n) is 9.00. The van der Waals surface area contributed by atoms with Crippen LogP contribution in [0.3, 0.4) is 0 Å². The van der Waals surface area contributed by atoms with Crippen LogP contribution in [0.1, 0.15) is 91.9 Å². The number of unbranched alkanes of at least 4 members (excludes halogenated alkanes) is 2. The molecule has 2 saturated carbocycles. The topological polar surface area (TPSA) is 0 Å². The number of hydrogen-bond acceptors (Lipinski definition) is 0. The lowest BCUT2D eigenvalue weighted by molar-refractivity contribution is 0.225. The summed E-state index contributed by atoms with van der Waals surface area (Å²) in [6.07, 6.45) is 15.1. The van der Waals surface area contributed by atoms with E-state index >= 15 is 0 Å². The summed E-state index contributed by atoms with van der Waals surface area (Å²) in [5.41, 5.74) is 0.549. The van der Waals surface area contributed by atoms with Crippen LogP contribution in [-0.4, -0.2) is 0 Å². The Hall–Kier alpha value is 0. The second-order valence-electron chi connectivity index (χ2n) is 8.57. The van der Waals surface area contributed by atoms with Crippen molar-refractivity contribution in [3.05, 3.63) is 0 Å². The monoisotopic (exact) mass is 264 g/mol. The SMILES string of the molecule is CCCCCC1CCC(C2CCC(C(C)(C)C)C2)C1. The maximum Gasteiger partial charge on any atom is -0.0354 e. The fourth-order valence-electron chi connectivity index (χ4n) is 4.72. The molecule has 0 spiro atoms. The van der Waals surface area contributed by atoms with E-state index in [-0.39, 0.29) is 0 Å². The van der Waals surface area contributed by atoms with Gasteiger partial charge in [-0.25, -0.2) is 0 Å². The van der Waals surface area contributed by atoms with Crippen LogP contribution in [0.15, 0.2) is 0 Å². The van der Waals surface area contributed by atoms with Crippen LogP contribution in [0.2, 0.25) is 0 Å². The lowest BCUT2D eigenvalue weighted by Gasteiger charge is -2.28. The molecule has 2 aliphatic rings. The summed E-state index contributed by atoms with van der Waals surface area (Å²) in [5.74, 6) is 4.27. The zero-order chi connectivity index (χ0) is 13.9. The maximum absolute atomic E-state index is 2.45. The van der Waals surface area contributed by atoms with E-state index in [1.165, 1.54) is 44.9 Å². The van der Waals surface area contributed by atoms with E-state index in [1.54, 1.807) is 19.3 Å². The van der Waals surface area contributed by atoms with Crippen molar-refractivity contribution in [2.24, 2.45) is 29.1 Å². The van der Waals surface area contributed by atoms with Gasteiger partial charge in [0.05, 0.1) is 0 Å². The normalized spacial score (nSPS) is 36.0. The molecule has 2 fully saturated rings. The van der Waals surface area contributed by atoms with Gasteiger partial charge in [-0.3, -0.25) is 0 Å². The van der Waals surface area contributed by atoms with Gasteiger partial charge in [0.2, 0.25) is 0 Å². The van der Waals surface area contributed by atoms with Gasteiger partial charge in [-0.05, 0) is 61.2 Å². The Morgan fingerprint density at radius 3 is 2.16 bits per heavy atom. The lowest BCUT2D eigenvalue weighted by Crippen LogP contribution is -2.18. The highest BCUT2D eigenvalue weighted by atomic mass is 14.4. The van der Waals surface area contributed by atoms with E-state index in [1.807, 2.05) is 0 Å². The smallest absolute Gasteiger partial charge is 0.0354 e. The highest BCUT2D eigenvalue weighted by Gasteiger charge is 2.38. The van der Waals surface area contributed by atoms with Crippen molar-refractivity contribution < 1.29 is 0 Å². The first-order chi connectivity index (χ1) is 9.00. The van der Waals surface area contributed by atoms with Gasteiger partial charge in [0.25, 0.3) is 0 Å². The summed E-state index contributed by atoms with van der Waals surface area (Å²) < 4.78 is 0. The molecule has 0 saturated heterocycles. The largest absolute Gasteiger partial charge is 0.0654 e. The highest BCUT2D eigenvalue weighted by molar-refractivity contribution is 4.89. The third-order valence-electron chi connectivity index (χ3n) is 6.16. The summed E-state index contributed by atoms with van der Waals surface area (Å²) in [6, 6.07) is 0. The fourth-order valence-corrected chi connectivity index (χ4v) is 4.72. The molecular weight excluding hydrogens is 228 g/mol. The van der Waals surface area contributed by atoms with Crippen LogP contribution >= 0.6 is 0 Å². The Balaban J connectivity index is 1.73. The molecule has 0 amide bonds.